The summed E-state index contributed by atoms with van der Waals surface area (Å²) in [5, 5.41) is 46.1. The Morgan fingerprint density at radius 2 is 1.69 bits per heavy atom. The highest BCUT2D eigenvalue weighted by atomic mass is 32.2. The zero-order valence-corrected chi connectivity index (χ0v) is 17.0. The van der Waals surface area contributed by atoms with E-state index in [2.05, 4.69) is 30.9 Å². The van der Waals surface area contributed by atoms with Crippen LogP contribution in [0.15, 0.2) is 47.6 Å². The Labute approximate surface area is 182 Å². The van der Waals surface area contributed by atoms with Crippen molar-refractivity contribution in [3.05, 3.63) is 62.7 Å². The molecule has 0 fully saturated rings. The lowest BCUT2D eigenvalue weighted by molar-refractivity contribution is -0.394. The predicted octanol–water partition coefficient (Wildman–Crippen LogP) is 1.89. The van der Waals surface area contributed by atoms with Crippen molar-refractivity contribution in [1.29, 1.82) is 0 Å². The summed E-state index contributed by atoms with van der Waals surface area (Å²) in [5.41, 5.74) is -0.0724. The lowest BCUT2D eigenvalue weighted by Crippen LogP contribution is -2.03. The fourth-order valence-electron chi connectivity index (χ4n) is 2.62. The molecule has 2 heterocycles. The second-order valence-corrected chi connectivity index (χ2v) is 6.99. The van der Waals surface area contributed by atoms with Gasteiger partial charge in [0.15, 0.2) is 0 Å². The fraction of sp³-hybridized carbons (Fsp3) is 0.125. The number of nitrogens with zero attached hydrogens (tertiary/aromatic N) is 10. The zero-order valence-electron chi connectivity index (χ0n) is 16.2. The molecular weight excluding hydrogens is 444 g/mol. The summed E-state index contributed by atoms with van der Waals surface area (Å²) in [6.07, 6.45) is 0. The van der Waals surface area contributed by atoms with Crippen molar-refractivity contribution in [2.75, 3.05) is 7.11 Å². The van der Waals surface area contributed by atoms with Gasteiger partial charge in [-0.25, -0.2) is 0 Å². The van der Waals surface area contributed by atoms with Crippen LogP contribution in [0.3, 0.4) is 0 Å². The summed E-state index contributed by atoms with van der Waals surface area (Å²) in [4.78, 5) is 21.9. The summed E-state index contributed by atoms with van der Waals surface area (Å²) in [5.74, 6) is 0.865. The molecule has 16 heteroatoms. The number of nitro benzene ring substituents is 2. The van der Waals surface area contributed by atoms with Gasteiger partial charge in [0.25, 0.3) is 11.4 Å². The molecule has 0 aliphatic rings. The van der Waals surface area contributed by atoms with Crippen LogP contribution in [0.5, 0.6) is 5.75 Å². The molecule has 162 valence electrons. The molecule has 0 aliphatic heterocycles. The number of hydrogen-bond donors (Lipinski definition) is 0. The summed E-state index contributed by atoms with van der Waals surface area (Å²) < 4.78 is 6.65. The van der Waals surface area contributed by atoms with Crippen molar-refractivity contribution >= 4 is 23.1 Å². The zero-order chi connectivity index (χ0) is 22.7. The molecule has 0 amide bonds. The standard InChI is InChI=1S/C16H12N10O5S/c1-31-14-4-2-11(3-5-14)24-16(18-20-22-24)32-9-23-19-15(17-21-23)10-6-12(25(27)28)8-13(7-10)26(29)30/h2-8H,9H2,1H3. The molecule has 0 saturated carbocycles. The molecule has 2 aromatic carbocycles. The molecular formula is C16H12N10O5S. The van der Waals surface area contributed by atoms with Gasteiger partial charge in [-0.15, -0.1) is 15.3 Å². The molecule has 0 atom stereocenters. The molecule has 0 unspecified atom stereocenters. The fourth-order valence-corrected chi connectivity index (χ4v) is 3.32. The first-order valence-electron chi connectivity index (χ1n) is 8.72. The Bertz CT molecular complexity index is 1260. The van der Waals surface area contributed by atoms with E-state index in [4.69, 9.17) is 4.74 Å². The van der Waals surface area contributed by atoms with Gasteiger partial charge in [0.1, 0.15) is 11.6 Å². The third kappa shape index (κ3) is 4.33. The molecule has 0 radical (unpaired) electrons. The minimum Gasteiger partial charge on any atom is -0.497 e. The quantitative estimate of drug-likeness (QED) is 0.213. The minimum atomic E-state index is -0.726. The van der Waals surface area contributed by atoms with E-state index in [0.717, 1.165) is 23.9 Å². The molecule has 4 aromatic rings. The highest BCUT2D eigenvalue weighted by Gasteiger charge is 2.20. The average Bonchev–Trinajstić information content (AvgIpc) is 3.47. The normalized spacial score (nSPS) is 10.8. The van der Waals surface area contributed by atoms with Crippen LogP contribution in [0.4, 0.5) is 11.4 Å². The molecule has 0 spiro atoms. The number of ether oxygens (including phenoxy) is 1. The molecule has 0 bridgehead atoms. The molecule has 2 aromatic heterocycles. The van der Waals surface area contributed by atoms with Gasteiger partial charge in [0.05, 0.1) is 28.7 Å². The Hall–Kier alpha value is -4.47. The number of methoxy groups -OCH3 is 1. The van der Waals surface area contributed by atoms with Crippen LogP contribution in [0.2, 0.25) is 0 Å². The van der Waals surface area contributed by atoms with Crippen LogP contribution in [-0.4, -0.2) is 57.4 Å². The Morgan fingerprint density at radius 3 is 2.31 bits per heavy atom. The third-order valence-corrected chi connectivity index (χ3v) is 4.98. The van der Waals surface area contributed by atoms with Gasteiger partial charge in [-0.05, 0) is 39.9 Å². The number of benzene rings is 2. The van der Waals surface area contributed by atoms with E-state index in [0.29, 0.717) is 10.9 Å². The van der Waals surface area contributed by atoms with Crippen molar-refractivity contribution in [2.24, 2.45) is 0 Å². The molecule has 0 aliphatic carbocycles. The highest BCUT2D eigenvalue weighted by molar-refractivity contribution is 7.98. The van der Waals surface area contributed by atoms with E-state index in [-0.39, 0.29) is 17.3 Å². The highest BCUT2D eigenvalue weighted by Crippen LogP contribution is 2.28. The Balaban J connectivity index is 1.52. The van der Waals surface area contributed by atoms with Crippen molar-refractivity contribution in [3.63, 3.8) is 0 Å². The Morgan fingerprint density at radius 1 is 1.00 bits per heavy atom. The van der Waals surface area contributed by atoms with Gasteiger partial charge in [0, 0.05) is 17.7 Å². The number of hydrogen-bond acceptors (Lipinski definition) is 12. The van der Waals surface area contributed by atoms with Gasteiger partial charge in [-0.1, -0.05) is 11.8 Å². The second kappa shape index (κ2) is 8.72. The summed E-state index contributed by atoms with van der Waals surface area (Å²) in [7, 11) is 1.57. The smallest absolute Gasteiger partial charge is 0.277 e. The van der Waals surface area contributed by atoms with E-state index in [1.165, 1.54) is 21.2 Å². The maximum atomic E-state index is 11.1. The topological polar surface area (TPSA) is 183 Å². The van der Waals surface area contributed by atoms with E-state index in [1.807, 2.05) is 0 Å². The first-order chi connectivity index (χ1) is 15.4. The first kappa shape index (κ1) is 20.8. The van der Waals surface area contributed by atoms with Gasteiger partial charge in [-0.2, -0.15) is 9.48 Å². The molecule has 0 saturated heterocycles. The summed E-state index contributed by atoms with van der Waals surface area (Å²) >= 11 is 1.21. The summed E-state index contributed by atoms with van der Waals surface area (Å²) in [6.45, 7) is 0. The minimum absolute atomic E-state index is 0.00662. The van der Waals surface area contributed by atoms with Crippen LogP contribution in [-0.2, 0) is 5.88 Å². The van der Waals surface area contributed by atoms with Crippen molar-refractivity contribution in [1.82, 2.24) is 40.4 Å². The Kier molecular flexibility index (Phi) is 5.67. The van der Waals surface area contributed by atoms with E-state index < -0.39 is 21.2 Å². The summed E-state index contributed by atoms with van der Waals surface area (Å²) in [6, 6.07) is 10.3. The number of nitro groups is 2. The molecule has 32 heavy (non-hydrogen) atoms. The SMILES string of the molecule is COc1ccc(-n2nnnc2SCn2nnc(-c3cc([N+](=O)[O-])cc([N+](=O)[O-])c3)n2)cc1. The van der Waals surface area contributed by atoms with Crippen LogP contribution in [0.25, 0.3) is 17.1 Å². The number of aromatic nitrogens is 8. The molecule has 4 rings (SSSR count). The monoisotopic (exact) mass is 456 g/mol. The van der Waals surface area contributed by atoms with E-state index in [9.17, 15) is 20.2 Å². The predicted molar refractivity (Wildman–Crippen MR) is 108 cm³/mol. The van der Waals surface area contributed by atoms with Gasteiger partial charge < -0.3 is 4.74 Å². The molecule has 15 nitrogen and oxygen atoms in total. The van der Waals surface area contributed by atoms with Crippen LogP contribution < -0.4 is 4.74 Å². The van der Waals surface area contributed by atoms with Crippen LogP contribution in [0, 0.1) is 20.2 Å². The van der Waals surface area contributed by atoms with E-state index in [1.54, 1.807) is 31.4 Å². The van der Waals surface area contributed by atoms with Gasteiger partial charge >= 0.3 is 0 Å². The number of tetrazole rings is 2. The van der Waals surface area contributed by atoms with Gasteiger partial charge in [-0.3, -0.25) is 20.2 Å². The second-order valence-electron chi connectivity index (χ2n) is 6.08. The van der Waals surface area contributed by atoms with Crippen molar-refractivity contribution in [2.45, 2.75) is 11.0 Å². The lowest BCUT2D eigenvalue weighted by Gasteiger charge is -2.05. The average molecular weight is 456 g/mol. The lowest BCUT2D eigenvalue weighted by atomic mass is 10.1. The van der Waals surface area contributed by atoms with Gasteiger partial charge in [0.2, 0.25) is 11.0 Å². The van der Waals surface area contributed by atoms with E-state index >= 15 is 0 Å². The number of rotatable bonds is 8. The van der Waals surface area contributed by atoms with Crippen LogP contribution >= 0.6 is 11.8 Å². The molecule has 0 N–H and O–H groups in total. The maximum Gasteiger partial charge on any atom is 0.277 e. The van der Waals surface area contributed by atoms with Crippen molar-refractivity contribution in [3.8, 4) is 22.8 Å². The van der Waals surface area contributed by atoms with Crippen LogP contribution in [0.1, 0.15) is 0 Å². The third-order valence-electron chi connectivity index (χ3n) is 4.10. The first-order valence-corrected chi connectivity index (χ1v) is 9.71. The number of non-ortho nitro benzene ring substituents is 2. The maximum absolute atomic E-state index is 11.1. The number of thioether (sulfide) groups is 1. The van der Waals surface area contributed by atoms with Crippen molar-refractivity contribution < 1.29 is 14.6 Å². The largest absolute Gasteiger partial charge is 0.497 e.